The zero-order chi connectivity index (χ0) is 6.69. The minimum atomic E-state index is -0.776. The minimum Gasteiger partial charge on any atom is -0.480 e. The zero-order valence-corrected chi connectivity index (χ0v) is 5.05. The molecule has 10 heavy (non-hydrogen) atoms. The van der Waals surface area contributed by atoms with Gasteiger partial charge in [0.25, 0.3) is 0 Å². The summed E-state index contributed by atoms with van der Waals surface area (Å²) in [5.41, 5.74) is 0. The van der Waals surface area contributed by atoms with Gasteiger partial charge in [0.2, 0.25) is 0 Å². The minimum absolute atomic E-state index is 0. The number of carboxylic acid groups (broad SMARTS) is 1. The van der Waals surface area contributed by atoms with Crippen molar-refractivity contribution < 1.29 is 9.90 Å². The molecule has 0 saturated carbocycles. The number of carbonyl (C=O) groups is 1. The molecule has 3 N–H and O–H groups in total. The molecule has 1 aliphatic heterocycles. The fourth-order valence-corrected chi connectivity index (χ4v) is 0.828. The average molecular weight is 146 g/mol. The molecule has 60 valence electrons. The standard InChI is InChI=1S/C5H10N2O2.CH4/c8-5(9)4-3-6-1-2-7-4;/h4,6-7H,1-3H2,(H,8,9);1H4/t4-;/m1./s1. The quantitative estimate of drug-likeness (QED) is 0.456. The Morgan fingerprint density at radius 1 is 1.50 bits per heavy atom. The van der Waals surface area contributed by atoms with Crippen molar-refractivity contribution in [3.8, 4) is 0 Å². The third-order valence-corrected chi connectivity index (χ3v) is 1.34. The van der Waals surface area contributed by atoms with Crippen molar-refractivity contribution in [3.63, 3.8) is 0 Å². The third kappa shape index (κ3) is 2.33. The Labute approximate surface area is 60.6 Å². The lowest BCUT2D eigenvalue weighted by molar-refractivity contribution is -0.139. The molecular weight excluding hydrogens is 132 g/mol. The topological polar surface area (TPSA) is 61.4 Å². The first-order valence-corrected chi connectivity index (χ1v) is 2.97. The summed E-state index contributed by atoms with van der Waals surface area (Å²) in [5.74, 6) is -0.776. The first-order valence-electron chi connectivity index (χ1n) is 2.97. The van der Waals surface area contributed by atoms with Gasteiger partial charge in [-0.05, 0) is 0 Å². The predicted octanol–water partition coefficient (Wildman–Crippen LogP) is -0.731. The fraction of sp³-hybridized carbons (Fsp3) is 0.833. The van der Waals surface area contributed by atoms with Crippen LogP contribution < -0.4 is 10.6 Å². The van der Waals surface area contributed by atoms with Gasteiger partial charge < -0.3 is 15.7 Å². The van der Waals surface area contributed by atoms with Crippen LogP contribution in [0, 0.1) is 0 Å². The lowest BCUT2D eigenvalue weighted by Gasteiger charge is -2.20. The Hall–Kier alpha value is -0.610. The highest BCUT2D eigenvalue weighted by atomic mass is 16.4. The maximum atomic E-state index is 10.3. The van der Waals surface area contributed by atoms with Crippen molar-refractivity contribution in [1.29, 1.82) is 0 Å². The highest BCUT2D eigenvalue weighted by Crippen LogP contribution is 1.84. The summed E-state index contributed by atoms with van der Waals surface area (Å²) in [5, 5.41) is 14.3. The van der Waals surface area contributed by atoms with Crippen LogP contribution in [0.3, 0.4) is 0 Å². The molecule has 0 bridgehead atoms. The molecule has 4 nitrogen and oxygen atoms in total. The van der Waals surface area contributed by atoms with Gasteiger partial charge in [-0.15, -0.1) is 0 Å². The first-order chi connectivity index (χ1) is 4.30. The van der Waals surface area contributed by atoms with Gasteiger partial charge in [0.15, 0.2) is 0 Å². The molecule has 1 atom stereocenters. The van der Waals surface area contributed by atoms with E-state index < -0.39 is 12.0 Å². The third-order valence-electron chi connectivity index (χ3n) is 1.34. The number of hydrogen-bond donors (Lipinski definition) is 3. The number of carboxylic acids is 1. The molecular formula is C6H14N2O2. The van der Waals surface area contributed by atoms with Crippen LogP contribution in [-0.4, -0.2) is 36.8 Å². The molecule has 0 aromatic rings. The maximum absolute atomic E-state index is 10.3. The Morgan fingerprint density at radius 2 is 2.20 bits per heavy atom. The van der Waals surface area contributed by atoms with Crippen molar-refractivity contribution in [2.24, 2.45) is 0 Å². The number of rotatable bonds is 1. The summed E-state index contributed by atoms with van der Waals surface area (Å²) in [7, 11) is 0. The fourth-order valence-electron chi connectivity index (χ4n) is 0.828. The Morgan fingerprint density at radius 3 is 2.50 bits per heavy atom. The lowest BCUT2D eigenvalue weighted by atomic mass is 10.2. The van der Waals surface area contributed by atoms with E-state index in [-0.39, 0.29) is 7.43 Å². The van der Waals surface area contributed by atoms with Gasteiger partial charge in [-0.2, -0.15) is 0 Å². The van der Waals surface area contributed by atoms with E-state index in [0.29, 0.717) is 6.54 Å². The highest BCUT2D eigenvalue weighted by molar-refractivity contribution is 5.73. The van der Waals surface area contributed by atoms with Crippen molar-refractivity contribution in [2.75, 3.05) is 19.6 Å². The van der Waals surface area contributed by atoms with Gasteiger partial charge in [0.05, 0.1) is 0 Å². The second-order valence-electron chi connectivity index (χ2n) is 2.05. The van der Waals surface area contributed by atoms with Gasteiger partial charge in [-0.1, -0.05) is 7.43 Å². The number of hydrogen-bond acceptors (Lipinski definition) is 3. The van der Waals surface area contributed by atoms with E-state index in [1.54, 1.807) is 0 Å². The first kappa shape index (κ1) is 9.39. The van der Waals surface area contributed by atoms with E-state index >= 15 is 0 Å². The molecule has 0 amide bonds. The normalized spacial score (nSPS) is 25.0. The summed E-state index contributed by atoms with van der Waals surface area (Å²) in [6, 6.07) is -0.390. The largest absolute Gasteiger partial charge is 0.480 e. The molecule has 1 saturated heterocycles. The summed E-state index contributed by atoms with van der Waals surface area (Å²) in [6.45, 7) is 2.15. The van der Waals surface area contributed by atoms with Crippen LogP contribution in [0.15, 0.2) is 0 Å². The maximum Gasteiger partial charge on any atom is 0.322 e. The number of piperazine rings is 1. The van der Waals surface area contributed by atoms with Gasteiger partial charge in [-0.25, -0.2) is 0 Å². The monoisotopic (exact) mass is 146 g/mol. The summed E-state index contributed by atoms with van der Waals surface area (Å²) in [6.07, 6.45) is 0. The molecule has 1 heterocycles. The average Bonchev–Trinajstić information content (AvgIpc) is 1.90. The van der Waals surface area contributed by atoms with Crippen molar-refractivity contribution in [1.82, 2.24) is 10.6 Å². The molecule has 4 heteroatoms. The molecule has 0 aromatic carbocycles. The van der Waals surface area contributed by atoms with Gasteiger partial charge in [-0.3, -0.25) is 4.79 Å². The SMILES string of the molecule is C.O=C(O)[C@H]1CNCCN1. The predicted molar refractivity (Wildman–Crippen MR) is 39.0 cm³/mol. The van der Waals surface area contributed by atoms with E-state index in [1.807, 2.05) is 0 Å². The lowest BCUT2D eigenvalue weighted by Crippen LogP contribution is -2.52. The van der Waals surface area contributed by atoms with Crippen LogP contribution in [0.4, 0.5) is 0 Å². The van der Waals surface area contributed by atoms with E-state index in [2.05, 4.69) is 10.6 Å². The number of nitrogens with one attached hydrogen (secondary N) is 2. The molecule has 0 unspecified atom stereocenters. The van der Waals surface area contributed by atoms with Crippen LogP contribution in [0.1, 0.15) is 7.43 Å². The van der Waals surface area contributed by atoms with Crippen molar-refractivity contribution >= 4 is 5.97 Å². The second kappa shape index (κ2) is 4.24. The molecule has 1 aliphatic rings. The van der Waals surface area contributed by atoms with Crippen molar-refractivity contribution in [3.05, 3.63) is 0 Å². The van der Waals surface area contributed by atoms with Crippen molar-refractivity contribution in [2.45, 2.75) is 13.5 Å². The molecule has 0 aromatic heterocycles. The van der Waals surface area contributed by atoms with Crippen LogP contribution in [-0.2, 0) is 4.79 Å². The van der Waals surface area contributed by atoms with Crippen LogP contribution in [0.2, 0.25) is 0 Å². The van der Waals surface area contributed by atoms with Crippen LogP contribution in [0.25, 0.3) is 0 Å². The van der Waals surface area contributed by atoms with Crippen LogP contribution in [0.5, 0.6) is 0 Å². The van der Waals surface area contributed by atoms with Gasteiger partial charge in [0.1, 0.15) is 6.04 Å². The molecule has 1 rings (SSSR count). The molecule has 1 fully saturated rings. The summed E-state index contributed by atoms with van der Waals surface area (Å²) in [4.78, 5) is 10.3. The van der Waals surface area contributed by atoms with E-state index in [9.17, 15) is 4.79 Å². The van der Waals surface area contributed by atoms with E-state index in [0.717, 1.165) is 13.1 Å². The van der Waals surface area contributed by atoms with Gasteiger partial charge >= 0.3 is 5.97 Å². The molecule has 0 radical (unpaired) electrons. The second-order valence-corrected chi connectivity index (χ2v) is 2.05. The smallest absolute Gasteiger partial charge is 0.322 e. The van der Waals surface area contributed by atoms with E-state index in [4.69, 9.17) is 5.11 Å². The molecule has 0 aliphatic carbocycles. The Balaban J connectivity index is 0.000000810. The zero-order valence-electron chi connectivity index (χ0n) is 5.05. The number of aliphatic carboxylic acids is 1. The van der Waals surface area contributed by atoms with Gasteiger partial charge in [0, 0.05) is 19.6 Å². The Kier molecular flexibility index (Phi) is 3.99. The summed E-state index contributed by atoms with van der Waals surface area (Å²) >= 11 is 0. The highest BCUT2D eigenvalue weighted by Gasteiger charge is 2.18. The van der Waals surface area contributed by atoms with E-state index in [1.165, 1.54) is 0 Å². The van der Waals surface area contributed by atoms with Crippen LogP contribution >= 0.6 is 0 Å². The Bertz CT molecular complexity index is 110. The summed E-state index contributed by atoms with van der Waals surface area (Å²) < 4.78 is 0. The molecule has 0 spiro atoms.